The van der Waals surface area contributed by atoms with Crippen molar-refractivity contribution in [3.63, 3.8) is 0 Å². The second-order valence-electron chi connectivity index (χ2n) is 3.97. The van der Waals surface area contributed by atoms with Gasteiger partial charge in [-0.1, -0.05) is 42.5 Å². The number of hydrogen-bond donors (Lipinski definition) is 1. The maximum Gasteiger partial charge on any atom is 0.315 e. The summed E-state index contributed by atoms with van der Waals surface area (Å²) in [4.78, 5) is 11.2. The Kier molecular flexibility index (Phi) is 2.11. The van der Waals surface area contributed by atoms with Crippen LogP contribution in [0.15, 0.2) is 42.5 Å². The normalized spacial score (nSPS) is 13.3. The van der Waals surface area contributed by atoms with E-state index in [1.54, 1.807) is 0 Å². The number of fused-ring (bicyclic) bond motifs is 1. The van der Waals surface area contributed by atoms with E-state index < -0.39 is 0 Å². The fraction of sp³-hybridized carbons (Fsp3) is 0.0714. The molecule has 0 aromatic heterocycles. The first-order valence-electron chi connectivity index (χ1n) is 5.36. The van der Waals surface area contributed by atoms with Gasteiger partial charge in [0.15, 0.2) is 11.5 Å². The predicted molar refractivity (Wildman–Crippen MR) is 62.9 cm³/mol. The second kappa shape index (κ2) is 3.63. The van der Waals surface area contributed by atoms with Gasteiger partial charge in [-0.05, 0) is 5.56 Å². The molecule has 1 N–H and O–H groups in total. The van der Waals surface area contributed by atoms with E-state index in [0.29, 0.717) is 11.3 Å². The number of carbonyl (C=O) groups excluding carboxylic acids is 1. The Morgan fingerprint density at radius 2 is 1.82 bits per heavy atom. The molecular weight excluding hydrogens is 216 g/mol. The molecule has 0 aliphatic carbocycles. The molecule has 0 saturated heterocycles. The lowest BCUT2D eigenvalue weighted by Crippen LogP contribution is -2.00. The van der Waals surface area contributed by atoms with E-state index >= 15 is 0 Å². The molecule has 2 aromatic carbocycles. The van der Waals surface area contributed by atoms with E-state index in [-0.39, 0.29) is 18.1 Å². The van der Waals surface area contributed by atoms with Gasteiger partial charge in [-0.2, -0.15) is 0 Å². The van der Waals surface area contributed by atoms with Crippen molar-refractivity contribution in [1.82, 2.24) is 0 Å². The summed E-state index contributed by atoms with van der Waals surface area (Å²) >= 11 is 0. The molecule has 0 spiro atoms. The van der Waals surface area contributed by atoms with Gasteiger partial charge in [-0.3, -0.25) is 4.79 Å². The molecule has 0 fully saturated rings. The molecule has 1 heterocycles. The summed E-state index contributed by atoms with van der Waals surface area (Å²) in [7, 11) is 0. The lowest BCUT2D eigenvalue weighted by molar-refractivity contribution is -0.131. The van der Waals surface area contributed by atoms with Crippen LogP contribution in [0.5, 0.6) is 11.5 Å². The first kappa shape index (κ1) is 9.90. The molecule has 3 rings (SSSR count). The molecule has 0 unspecified atom stereocenters. The number of rotatable bonds is 1. The van der Waals surface area contributed by atoms with Crippen LogP contribution in [-0.2, 0) is 11.2 Å². The first-order valence-corrected chi connectivity index (χ1v) is 5.36. The van der Waals surface area contributed by atoms with Crippen LogP contribution in [0.3, 0.4) is 0 Å². The summed E-state index contributed by atoms with van der Waals surface area (Å²) in [5.41, 5.74) is 2.32. The van der Waals surface area contributed by atoms with Crippen molar-refractivity contribution >= 4 is 5.97 Å². The highest BCUT2D eigenvalue weighted by Crippen LogP contribution is 2.42. The first-order chi connectivity index (χ1) is 8.25. The van der Waals surface area contributed by atoms with Crippen molar-refractivity contribution in [3.05, 3.63) is 48.0 Å². The molecule has 0 amide bonds. The van der Waals surface area contributed by atoms with Crippen LogP contribution in [0.25, 0.3) is 11.1 Å². The van der Waals surface area contributed by atoms with E-state index in [1.807, 2.05) is 42.5 Å². The summed E-state index contributed by atoms with van der Waals surface area (Å²) in [6.45, 7) is 0. The van der Waals surface area contributed by atoms with Crippen molar-refractivity contribution in [2.45, 2.75) is 6.42 Å². The zero-order valence-electron chi connectivity index (χ0n) is 9.01. The van der Waals surface area contributed by atoms with Gasteiger partial charge in [0.1, 0.15) is 0 Å². The number of phenols is 1. The van der Waals surface area contributed by atoms with Crippen LogP contribution in [0.2, 0.25) is 0 Å². The minimum atomic E-state index is -0.319. The molecule has 0 saturated carbocycles. The second-order valence-corrected chi connectivity index (χ2v) is 3.97. The van der Waals surface area contributed by atoms with Crippen molar-refractivity contribution in [2.24, 2.45) is 0 Å². The number of hydrogen-bond acceptors (Lipinski definition) is 3. The third-order valence-corrected chi connectivity index (χ3v) is 2.85. The largest absolute Gasteiger partial charge is 0.504 e. The Morgan fingerprint density at radius 1 is 1.06 bits per heavy atom. The minimum absolute atomic E-state index is 0.0413. The van der Waals surface area contributed by atoms with Crippen molar-refractivity contribution < 1.29 is 14.6 Å². The van der Waals surface area contributed by atoms with E-state index in [9.17, 15) is 9.90 Å². The van der Waals surface area contributed by atoms with E-state index in [0.717, 1.165) is 11.1 Å². The van der Waals surface area contributed by atoms with Gasteiger partial charge < -0.3 is 9.84 Å². The minimum Gasteiger partial charge on any atom is -0.504 e. The molecule has 17 heavy (non-hydrogen) atoms. The SMILES string of the molecule is O=C1Cc2ccc(-c3ccccc3)c(O)c2O1. The summed E-state index contributed by atoms with van der Waals surface area (Å²) in [6, 6.07) is 13.1. The van der Waals surface area contributed by atoms with Gasteiger partial charge in [-0.25, -0.2) is 0 Å². The fourth-order valence-corrected chi connectivity index (χ4v) is 2.02. The number of esters is 1. The van der Waals surface area contributed by atoms with Gasteiger partial charge in [0, 0.05) is 11.1 Å². The number of carbonyl (C=O) groups is 1. The Bertz CT molecular complexity index is 588. The Hall–Kier alpha value is -2.29. The average Bonchev–Trinajstić information content (AvgIpc) is 2.72. The molecule has 0 bridgehead atoms. The predicted octanol–water partition coefficient (Wildman–Crippen LogP) is 2.52. The van der Waals surface area contributed by atoms with E-state index in [4.69, 9.17) is 4.74 Å². The van der Waals surface area contributed by atoms with Crippen molar-refractivity contribution in [2.75, 3.05) is 0 Å². The average molecular weight is 226 g/mol. The van der Waals surface area contributed by atoms with Crippen LogP contribution < -0.4 is 4.74 Å². The van der Waals surface area contributed by atoms with Gasteiger partial charge >= 0.3 is 5.97 Å². The molecular formula is C14H10O3. The highest BCUT2D eigenvalue weighted by atomic mass is 16.5. The summed E-state index contributed by atoms with van der Waals surface area (Å²) < 4.78 is 5.01. The zero-order valence-corrected chi connectivity index (χ0v) is 9.01. The monoisotopic (exact) mass is 226 g/mol. The van der Waals surface area contributed by atoms with Gasteiger partial charge in [0.2, 0.25) is 0 Å². The van der Waals surface area contributed by atoms with Crippen molar-refractivity contribution in [3.8, 4) is 22.6 Å². The summed E-state index contributed by atoms with van der Waals surface area (Å²) in [5, 5.41) is 10.1. The Labute approximate surface area is 98.3 Å². The lowest BCUT2D eigenvalue weighted by atomic mass is 10.0. The van der Waals surface area contributed by atoms with Crippen LogP contribution in [0.4, 0.5) is 0 Å². The number of aromatic hydroxyl groups is 1. The highest BCUT2D eigenvalue weighted by molar-refractivity contribution is 5.86. The van der Waals surface area contributed by atoms with Crippen LogP contribution in [0.1, 0.15) is 5.56 Å². The van der Waals surface area contributed by atoms with Crippen LogP contribution >= 0.6 is 0 Å². The standard InChI is InChI=1S/C14H10O3/c15-12-8-10-6-7-11(13(16)14(10)17-12)9-4-2-1-3-5-9/h1-7,16H,8H2. The summed E-state index contributed by atoms with van der Waals surface area (Å²) in [5.74, 6) is 0.0245. The molecule has 84 valence electrons. The quantitative estimate of drug-likeness (QED) is 0.600. The molecule has 0 atom stereocenters. The highest BCUT2D eigenvalue weighted by Gasteiger charge is 2.25. The molecule has 1 aliphatic rings. The lowest BCUT2D eigenvalue weighted by Gasteiger charge is -2.07. The zero-order chi connectivity index (χ0) is 11.8. The third-order valence-electron chi connectivity index (χ3n) is 2.85. The topological polar surface area (TPSA) is 46.5 Å². The molecule has 3 heteroatoms. The van der Waals surface area contributed by atoms with Crippen LogP contribution in [-0.4, -0.2) is 11.1 Å². The van der Waals surface area contributed by atoms with Gasteiger partial charge in [-0.15, -0.1) is 0 Å². The third kappa shape index (κ3) is 1.56. The maximum atomic E-state index is 11.2. The van der Waals surface area contributed by atoms with E-state index in [2.05, 4.69) is 0 Å². The molecule has 3 nitrogen and oxygen atoms in total. The summed E-state index contributed by atoms with van der Waals surface area (Å²) in [6.07, 6.45) is 0.234. The van der Waals surface area contributed by atoms with Gasteiger partial charge in [0.25, 0.3) is 0 Å². The van der Waals surface area contributed by atoms with Crippen molar-refractivity contribution in [1.29, 1.82) is 0 Å². The van der Waals surface area contributed by atoms with E-state index in [1.165, 1.54) is 0 Å². The maximum absolute atomic E-state index is 11.2. The fourth-order valence-electron chi connectivity index (χ4n) is 2.02. The number of ether oxygens (including phenoxy) is 1. The van der Waals surface area contributed by atoms with Crippen LogP contribution in [0, 0.1) is 0 Å². The number of benzene rings is 2. The molecule has 0 radical (unpaired) electrons. The molecule has 1 aliphatic heterocycles. The Morgan fingerprint density at radius 3 is 2.59 bits per heavy atom. The smallest absolute Gasteiger partial charge is 0.315 e. The Balaban J connectivity index is 2.16. The van der Waals surface area contributed by atoms with Gasteiger partial charge in [0.05, 0.1) is 6.42 Å². The number of phenolic OH excluding ortho intramolecular Hbond substituents is 1. The molecule has 2 aromatic rings.